The van der Waals surface area contributed by atoms with E-state index in [9.17, 15) is 4.79 Å². The first-order chi connectivity index (χ1) is 7.75. The van der Waals surface area contributed by atoms with Gasteiger partial charge in [-0.1, -0.05) is 18.2 Å². The van der Waals surface area contributed by atoms with Gasteiger partial charge in [-0.3, -0.25) is 15.6 Å². The third-order valence-electron chi connectivity index (χ3n) is 2.54. The SMILES string of the molecule is CC1=NNc2cc3ccccc3c(=O)n2N1. The second kappa shape index (κ2) is 3.10. The van der Waals surface area contributed by atoms with Crippen LogP contribution in [0.25, 0.3) is 10.8 Å². The van der Waals surface area contributed by atoms with Crippen molar-refractivity contribution in [2.45, 2.75) is 6.92 Å². The fourth-order valence-electron chi connectivity index (χ4n) is 1.78. The molecule has 0 aliphatic carbocycles. The summed E-state index contributed by atoms with van der Waals surface area (Å²) in [5.74, 6) is 1.30. The molecule has 1 aromatic heterocycles. The van der Waals surface area contributed by atoms with E-state index in [1.165, 1.54) is 4.68 Å². The van der Waals surface area contributed by atoms with Crippen LogP contribution >= 0.6 is 0 Å². The minimum atomic E-state index is -0.0742. The molecule has 0 saturated carbocycles. The maximum atomic E-state index is 12.1. The van der Waals surface area contributed by atoms with Crippen LogP contribution in [0.5, 0.6) is 0 Å². The van der Waals surface area contributed by atoms with Gasteiger partial charge in [-0.25, -0.2) is 4.68 Å². The van der Waals surface area contributed by atoms with Gasteiger partial charge in [-0.05, 0) is 24.4 Å². The third-order valence-corrected chi connectivity index (χ3v) is 2.54. The summed E-state index contributed by atoms with van der Waals surface area (Å²) in [4.78, 5) is 12.1. The van der Waals surface area contributed by atoms with Crippen LogP contribution in [0, 0.1) is 0 Å². The van der Waals surface area contributed by atoms with Crippen LogP contribution < -0.4 is 16.4 Å². The molecule has 5 heteroatoms. The van der Waals surface area contributed by atoms with Gasteiger partial charge in [-0.15, -0.1) is 0 Å². The summed E-state index contributed by atoms with van der Waals surface area (Å²) in [6, 6.07) is 9.37. The number of nitrogens with one attached hydrogen (secondary N) is 2. The van der Waals surface area contributed by atoms with Crippen molar-refractivity contribution < 1.29 is 0 Å². The molecule has 0 atom stereocenters. The minimum absolute atomic E-state index is 0.0742. The van der Waals surface area contributed by atoms with E-state index in [2.05, 4.69) is 16.0 Å². The monoisotopic (exact) mass is 214 g/mol. The molecule has 0 fully saturated rings. The number of pyridine rings is 1. The van der Waals surface area contributed by atoms with Crippen LogP contribution in [0.1, 0.15) is 6.92 Å². The molecule has 2 N–H and O–H groups in total. The van der Waals surface area contributed by atoms with Crippen LogP contribution in [0.15, 0.2) is 40.2 Å². The summed E-state index contributed by atoms with van der Waals surface area (Å²) in [5, 5.41) is 5.61. The Morgan fingerprint density at radius 3 is 3.00 bits per heavy atom. The van der Waals surface area contributed by atoms with Crippen molar-refractivity contribution >= 4 is 22.4 Å². The van der Waals surface area contributed by atoms with Crippen LogP contribution in [0.4, 0.5) is 5.82 Å². The maximum Gasteiger partial charge on any atom is 0.278 e. The molecule has 80 valence electrons. The molecule has 0 spiro atoms. The lowest BCUT2D eigenvalue weighted by Gasteiger charge is -2.19. The van der Waals surface area contributed by atoms with Crippen LogP contribution in [0.2, 0.25) is 0 Å². The molecule has 0 amide bonds. The number of hydrogen-bond donors (Lipinski definition) is 2. The van der Waals surface area contributed by atoms with Gasteiger partial charge < -0.3 is 0 Å². The average molecular weight is 214 g/mol. The van der Waals surface area contributed by atoms with Gasteiger partial charge in [0.2, 0.25) is 0 Å². The third kappa shape index (κ3) is 1.18. The molecular weight excluding hydrogens is 204 g/mol. The Bertz CT molecular complexity index is 657. The highest BCUT2D eigenvalue weighted by Gasteiger charge is 2.12. The second-order valence-electron chi connectivity index (χ2n) is 3.68. The molecule has 2 heterocycles. The lowest BCUT2D eigenvalue weighted by atomic mass is 10.2. The molecule has 0 saturated heterocycles. The van der Waals surface area contributed by atoms with Gasteiger partial charge in [0, 0.05) is 5.39 Å². The summed E-state index contributed by atoms with van der Waals surface area (Å²) in [7, 11) is 0. The van der Waals surface area contributed by atoms with E-state index in [1.807, 2.05) is 30.3 Å². The summed E-state index contributed by atoms with van der Waals surface area (Å²) < 4.78 is 1.46. The van der Waals surface area contributed by atoms with E-state index in [0.717, 1.165) is 5.39 Å². The first kappa shape index (κ1) is 8.96. The van der Waals surface area contributed by atoms with Gasteiger partial charge in [0.1, 0.15) is 11.7 Å². The lowest BCUT2D eigenvalue weighted by Crippen LogP contribution is -2.36. The molecule has 0 unspecified atom stereocenters. The molecule has 16 heavy (non-hydrogen) atoms. The Labute approximate surface area is 91.4 Å². The maximum absolute atomic E-state index is 12.1. The predicted octanol–water partition coefficient (Wildman–Crippen LogP) is 1.30. The number of hydrazone groups is 1. The zero-order valence-electron chi connectivity index (χ0n) is 8.69. The zero-order valence-corrected chi connectivity index (χ0v) is 8.69. The van der Waals surface area contributed by atoms with Crippen LogP contribution in [-0.4, -0.2) is 10.5 Å². The molecule has 5 nitrogen and oxygen atoms in total. The van der Waals surface area contributed by atoms with Gasteiger partial charge in [0.15, 0.2) is 0 Å². The number of benzene rings is 1. The van der Waals surface area contributed by atoms with Crippen molar-refractivity contribution in [3.63, 3.8) is 0 Å². The Morgan fingerprint density at radius 1 is 1.31 bits per heavy atom. The quantitative estimate of drug-likeness (QED) is 0.695. The molecule has 1 aliphatic heterocycles. The average Bonchev–Trinajstić information content (AvgIpc) is 2.31. The number of hydrogen-bond acceptors (Lipinski definition) is 4. The first-order valence-corrected chi connectivity index (χ1v) is 4.98. The molecular formula is C11H10N4O. The number of fused-ring (bicyclic) bond motifs is 2. The number of amidine groups is 1. The Hall–Kier alpha value is -2.30. The molecule has 3 rings (SSSR count). The molecule has 0 radical (unpaired) electrons. The molecule has 1 aliphatic rings. The number of rotatable bonds is 0. The molecule has 1 aromatic carbocycles. The highest BCUT2D eigenvalue weighted by molar-refractivity contribution is 5.91. The van der Waals surface area contributed by atoms with E-state index in [1.54, 1.807) is 6.92 Å². The number of nitrogens with zero attached hydrogens (tertiary/aromatic N) is 2. The van der Waals surface area contributed by atoms with Crippen LogP contribution in [-0.2, 0) is 0 Å². The van der Waals surface area contributed by atoms with Gasteiger partial charge in [0.05, 0.1) is 0 Å². The van der Waals surface area contributed by atoms with Crippen molar-refractivity contribution in [1.82, 2.24) is 4.68 Å². The van der Waals surface area contributed by atoms with E-state index in [-0.39, 0.29) is 5.56 Å². The topological polar surface area (TPSA) is 58.4 Å². The van der Waals surface area contributed by atoms with Crippen molar-refractivity contribution in [3.8, 4) is 0 Å². The first-order valence-electron chi connectivity index (χ1n) is 4.98. The van der Waals surface area contributed by atoms with Crippen LogP contribution in [0.3, 0.4) is 0 Å². The summed E-state index contributed by atoms with van der Waals surface area (Å²) in [5.41, 5.74) is 5.67. The second-order valence-corrected chi connectivity index (χ2v) is 3.68. The Morgan fingerprint density at radius 2 is 2.12 bits per heavy atom. The van der Waals surface area contributed by atoms with Gasteiger partial charge in [-0.2, -0.15) is 5.10 Å². The lowest BCUT2D eigenvalue weighted by molar-refractivity contribution is 0.898. The fourth-order valence-corrected chi connectivity index (χ4v) is 1.78. The molecule has 0 bridgehead atoms. The van der Waals surface area contributed by atoms with E-state index in [4.69, 9.17) is 0 Å². The smallest absolute Gasteiger partial charge is 0.275 e. The van der Waals surface area contributed by atoms with Gasteiger partial charge >= 0.3 is 0 Å². The van der Waals surface area contributed by atoms with E-state index < -0.39 is 0 Å². The van der Waals surface area contributed by atoms with E-state index >= 15 is 0 Å². The number of anilines is 1. The van der Waals surface area contributed by atoms with Crippen molar-refractivity contribution in [2.75, 3.05) is 10.9 Å². The largest absolute Gasteiger partial charge is 0.278 e. The summed E-state index contributed by atoms with van der Waals surface area (Å²) in [6.45, 7) is 1.79. The van der Waals surface area contributed by atoms with Crippen molar-refractivity contribution in [3.05, 3.63) is 40.7 Å². The minimum Gasteiger partial charge on any atom is -0.275 e. The highest BCUT2D eigenvalue weighted by Crippen LogP contribution is 2.16. The van der Waals surface area contributed by atoms with E-state index in [0.29, 0.717) is 17.0 Å². The Balaban J connectivity index is 2.37. The predicted molar refractivity (Wildman–Crippen MR) is 64.3 cm³/mol. The number of aromatic nitrogens is 1. The van der Waals surface area contributed by atoms with Crippen molar-refractivity contribution in [2.24, 2.45) is 5.10 Å². The fraction of sp³-hybridized carbons (Fsp3) is 0.0909. The highest BCUT2D eigenvalue weighted by atomic mass is 16.1. The zero-order chi connectivity index (χ0) is 11.1. The standard InChI is InChI=1S/C11H10N4O/c1-7-12-13-10-6-8-4-2-3-5-9(8)11(16)15(10)14-7/h2-6,13H,1H3,(H,12,14). The summed E-state index contributed by atoms with van der Waals surface area (Å²) >= 11 is 0. The van der Waals surface area contributed by atoms with Gasteiger partial charge in [0.25, 0.3) is 5.56 Å². The summed E-state index contributed by atoms with van der Waals surface area (Å²) in [6.07, 6.45) is 0. The van der Waals surface area contributed by atoms with Crippen molar-refractivity contribution in [1.29, 1.82) is 0 Å². The Kier molecular flexibility index (Phi) is 1.73. The normalized spacial score (nSPS) is 13.7. The molecule has 2 aromatic rings.